The van der Waals surface area contributed by atoms with Gasteiger partial charge in [-0.25, -0.2) is 4.79 Å². The number of hydrogen-bond donors (Lipinski definition) is 2. The van der Waals surface area contributed by atoms with Crippen molar-refractivity contribution in [3.05, 3.63) is 64.7 Å². The quantitative estimate of drug-likeness (QED) is 0.882. The second kappa shape index (κ2) is 6.09. The Morgan fingerprint density at radius 1 is 1.14 bits per heavy atom. The summed E-state index contributed by atoms with van der Waals surface area (Å²) in [5.41, 5.74) is 7.40. The van der Waals surface area contributed by atoms with Gasteiger partial charge in [-0.2, -0.15) is 0 Å². The molecule has 0 fully saturated rings. The fourth-order valence-electron chi connectivity index (χ4n) is 1.90. The van der Waals surface area contributed by atoms with Crippen molar-refractivity contribution in [3.8, 4) is 5.75 Å². The van der Waals surface area contributed by atoms with E-state index in [0.717, 1.165) is 5.56 Å². The van der Waals surface area contributed by atoms with Gasteiger partial charge in [0.2, 0.25) is 5.91 Å². The third-order valence-corrected chi connectivity index (χ3v) is 3.07. The lowest BCUT2D eigenvalue weighted by Gasteiger charge is -2.09. The number of ether oxygens (including phenoxy) is 1. The Balaban J connectivity index is 2.04. The number of benzene rings is 2. The summed E-state index contributed by atoms with van der Waals surface area (Å²) in [6.07, 6.45) is 0. The van der Waals surface area contributed by atoms with E-state index in [9.17, 15) is 9.59 Å². The van der Waals surface area contributed by atoms with Crippen LogP contribution >= 0.6 is 0 Å². The molecule has 0 saturated carbocycles. The van der Waals surface area contributed by atoms with Crippen molar-refractivity contribution in [1.82, 2.24) is 0 Å². The number of nitrogens with two attached hydrogens (primary N) is 1. The molecule has 0 unspecified atom stereocenters. The van der Waals surface area contributed by atoms with Gasteiger partial charge in [-0.3, -0.25) is 4.79 Å². The number of carboxylic acids is 1. The molecule has 108 valence electrons. The zero-order valence-electron chi connectivity index (χ0n) is 11.5. The van der Waals surface area contributed by atoms with E-state index >= 15 is 0 Å². The van der Waals surface area contributed by atoms with Crippen molar-refractivity contribution in [2.75, 3.05) is 0 Å². The van der Waals surface area contributed by atoms with Crippen LogP contribution < -0.4 is 10.5 Å². The van der Waals surface area contributed by atoms with Crippen LogP contribution in [0.3, 0.4) is 0 Å². The second-order valence-electron chi connectivity index (χ2n) is 4.63. The normalized spacial score (nSPS) is 10.1. The van der Waals surface area contributed by atoms with Crippen LogP contribution in [0.1, 0.15) is 31.8 Å². The van der Waals surface area contributed by atoms with Crippen molar-refractivity contribution in [2.24, 2.45) is 5.73 Å². The van der Waals surface area contributed by atoms with Crippen molar-refractivity contribution in [2.45, 2.75) is 13.5 Å². The first-order valence-corrected chi connectivity index (χ1v) is 6.33. The maximum Gasteiger partial charge on any atom is 0.335 e. The van der Waals surface area contributed by atoms with E-state index in [1.54, 1.807) is 43.3 Å². The van der Waals surface area contributed by atoms with Crippen LogP contribution in [-0.4, -0.2) is 17.0 Å². The summed E-state index contributed by atoms with van der Waals surface area (Å²) in [6, 6.07) is 11.6. The number of aromatic carboxylic acids is 1. The van der Waals surface area contributed by atoms with Gasteiger partial charge in [0, 0.05) is 5.56 Å². The zero-order chi connectivity index (χ0) is 15.4. The average Bonchev–Trinajstić information content (AvgIpc) is 2.45. The summed E-state index contributed by atoms with van der Waals surface area (Å²) in [5, 5.41) is 8.96. The molecule has 21 heavy (non-hydrogen) atoms. The zero-order valence-corrected chi connectivity index (χ0v) is 11.5. The molecule has 1 amide bonds. The minimum Gasteiger partial charge on any atom is -0.489 e. The number of carbonyl (C=O) groups is 2. The monoisotopic (exact) mass is 285 g/mol. The Kier molecular flexibility index (Phi) is 4.23. The summed E-state index contributed by atoms with van der Waals surface area (Å²) in [5.74, 6) is -0.833. The third-order valence-electron chi connectivity index (χ3n) is 3.07. The minimum absolute atomic E-state index is 0.258. The maximum atomic E-state index is 11.0. The first-order chi connectivity index (χ1) is 9.97. The van der Waals surface area contributed by atoms with Gasteiger partial charge in [0.15, 0.2) is 0 Å². The Labute approximate surface area is 122 Å². The van der Waals surface area contributed by atoms with E-state index < -0.39 is 11.9 Å². The minimum atomic E-state index is -0.957. The van der Waals surface area contributed by atoms with E-state index in [-0.39, 0.29) is 5.56 Å². The van der Waals surface area contributed by atoms with Crippen LogP contribution in [0, 0.1) is 6.92 Å². The Hall–Kier alpha value is -2.82. The van der Waals surface area contributed by atoms with Crippen LogP contribution in [0.4, 0.5) is 0 Å². The Morgan fingerprint density at radius 2 is 1.81 bits per heavy atom. The number of rotatable bonds is 5. The molecule has 0 bridgehead atoms. The summed E-state index contributed by atoms with van der Waals surface area (Å²) in [4.78, 5) is 21.9. The molecule has 0 atom stereocenters. The van der Waals surface area contributed by atoms with Crippen molar-refractivity contribution >= 4 is 11.9 Å². The van der Waals surface area contributed by atoms with Crippen molar-refractivity contribution in [3.63, 3.8) is 0 Å². The van der Waals surface area contributed by atoms with Gasteiger partial charge in [0.1, 0.15) is 12.4 Å². The summed E-state index contributed by atoms with van der Waals surface area (Å²) < 4.78 is 5.60. The molecular weight excluding hydrogens is 270 g/mol. The van der Waals surface area contributed by atoms with Crippen molar-refractivity contribution in [1.29, 1.82) is 0 Å². The highest BCUT2D eigenvalue weighted by atomic mass is 16.5. The average molecular weight is 285 g/mol. The fourth-order valence-corrected chi connectivity index (χ4v) is 1.90. The summed E-state index contributed by atoms with van der Waals surface area (Å²) in [7, 11) is 0. The van der Waals surface area contributed by atoms with E-state index in [2.05, 4.69) is 0 Å². The molecule has 5 nitrogen and oxygen atoms in total. The number of amides is 1. The Bertz CT molecular complexity index is 677. The van der Waals surface area contributed by atoms with Crippen LogP contribution in [0.5, 0.6) is 5.75 Å². The highest BCUT2D eigenvalue weighted by Gasteiger charge is 2.07. The molecule has 3 N–H and O–H groups in total. The summed E-state index contributed by atoms with van der Waals surface area (Å²) >= 11 is 0. The molecule has 2 aromatic rings. The first kappa shape index (κ1) is 14.6. The SMILES string of the molecule is Cc1cc(OCc2ccc(C(N)=O)cc2)ccc1C(=O)O. The lowest BCUT2D eigenvalue weighted by atomic mass is 10.1. The number of primary amides is 1. The molecule has 0 heterocycles. The standard InChI is InChI=1S/C16H15NO4/c1-10-8-13(6-7-14(10)16(19)20)21-9-11-2-4-12(5-3-11)15(17)18/h2-8H,9H2,1H3,(H2,17,18)(H,19,20). The van der Waals surface area contributed by atoms with Gasteiger partial charge < -0.3 is 15.6 Å². The predicted octanol–water partition coefficient (Wildman–Crippen LogP) is 2.37. The Morgan fingerprint density at radius 3 is 2.33 bits per heavy atom. The van der Waals surface area contributed by atoms with Crippen LogP contribution in [0.2, 0.25) is 0 Å². The predicted molar refractivity (Wildman–Crippen MR) is 77.4 cm³/mol. The lowest BCUT2D eigenvalue weighted by Crippen LogP contribution is -2.10. The van der Waals surface area contributed by atoms with Crippen LogP contribution in [-0.2, 0) is 6.61 Å². The third kappa shape index (κ3) is 3.60. The van der Waals surface area contributed by atoms with E-state index in [1.165, 1.54) is 6.07 Å². The molecule has 2 aromatic carbocycles. The van der Waals surface area contributed by atoms with Crippen LogP contribution in [0.15, 0.2) is 42.5 Å². The maximum absolute atomic E-state index is 11.0. The smallest absolute Gasteiger partial charge is 0.335 e. The molecule has 0 radical (unpaired) electrons. The number of carboxylic acid groups (broad SMARTS) is 1. The van der Waals surface area contributed by atoms with Gasteiger partial charge >= 0.3 is 5.97 Å². The molecule has 2 rings (SSSR count). The summed E-state index contributed by atoms with van der Waals surface area (Å²) in [6.45, 7) is 2.04. The largest absolute Gasteiger partial charge is 0.489 e. The molecule has 0 spiro atoms. The highest BCUT2D eigenvalue weighted by molar-refractivity contribution is 5.92. The van der Waals surface area contributed by atoms with Crippen molar-refractivity contribution < 1.29 is 19.4 Å². The molecular formula is C16H15NO4. The second-order valence-corrected chi connectivity index (χ2v) is 4.63. The van der Waals surface area contributed by atoms with Gasteiger partial charge in [0.25, 0.3) is 0 Å². The molecule has 0 aliphatic rings. The van der Waals surface area contributed by atoms with Gasteiger partial charge in [-0.1, -0.05) is 12.1 Å². The molecule has 5 heteroatoms. The van der Waals surface area contributed by atoms with Gasteiger partial charge in [-0.05, 0) is 48.4 Å². The highest BCUT2D eigenvalue weighted by Crippen LogP contribution is 2.18. The number of aryl methyl sites for hydroxylation is 1. The van der Waals surface area contributed by atoms with E-state index in [0.29, 0.717) is 23.5 Å². The van der Waals surface area contributed by atoms with Gasteiger partial charge in [0.05, 0.1) is 5.56 Å². The number of hydrogen-bond acceptors (Lipinski definition) is 3. The molecule has 0 aliphatic carbocycles. The fraction of sp³-hybridized carbons (Fsp3) is 0.125. The first-order valence-electron chi connectivity index (χ1n) is 6.33. The van der Waals surface area contributed by atoms with E-state index in [4.69, 9.17) is 15.6 Å². The molecule has 0 aromatic heterocycles. The van der Waals surface area contributed by atoms with Crippen LogP contribution in [0.25, 0.3) is 0 Å². The lowest BCUT2D eigenvalue weighted by molar-refractivity contribution is 0.0696. The number of carbonyl (C=O) groups excluding carboxylic acids is 1. The molecule has 0 saturated heterocycles. The topological polar surface area (TPSA) is 89.6 Å². The van der Waals surface area contributed by atoms with Gasteiger partial charge in [-0.15, -0.1) is 0 Å². The van der Waals surface area contributed by atoms with E-state index in [1.807, 2.05) is 0 Å². The molecule has 0 aliphatic heterocycles.